The number of hydrogen-bond acceptors (Lipinski definition) is 6. The first-order valence-electron chi connectivity index (χ1n) is 14.4. The summed E-state index contributed by atoms with van der Waals surface area (Å²) in [4.78, 5) is 23.2. The molecule has 6 rings (SSSR count). The Balaban J connectivity index is 0.000000192. The Bertz CT molecular complexity index is 1530. The number of carboxylic acid groups (broad SMARTS) is 2. The van der Waals surface area contributed by atoms with E-state index in [9.17, 15) is 19.8 Å². The summed E-state index contributed by atoms with van der Waals surface area (Å²) in [5.41, 5.74) is 5.73. The molecule has 0 atom stereocenters. The summed E-state index contributed by atoms with van der Waals surface area (Å²) in [6.45, 7) is 8.29. The van der Waals surface area contributed by atoms with Crippen molar-refractivity contribution in [3.63, 3.8) is 0 Å². The zero-order valence-corrected chi connectivity index (χ0v) is 28.0. The minimum atomic E-state index is -1.12. The van der Waals surface area contributed by atoms with E-state index in [1.165, 1.54) is 0 Å². The molecule has 216 valence electrons. The predicted octanol–water partition coefficient (Wildman–Crippen LogP) is 5.89. The molecule has 7 heteroatoms. The molecule has 0 bridgehead atoms. The third-order valence-corrected chi connectivity index (χ3v) is 7.50. The Morgan fingerprint density at radius 3 is 1.33 bits per heavy atom. The number of carboxylic acids is 2. The minimum Gasteiger partial charge on any atom is -0.545 e. The first kappa shape index (κ1) is 32.0. The molecule has 2 aliphatic heterocycles. The van der Waals surface area contributed by atoms with E-state index in [0.717, 1.165) is 57.7 Å². The van der Waals surface area contributed by atoms with Crippen LogP contribution in [0.4, 0.5) is 0 Å². The Hall–Kier alpha value is -3.96. The van der Waals surface area contributed by atoms with E-state index in [0.29, 0.717) is 47.3 Å². The Labute approximate surface area is 265 Å². The van der Waals surface area contributed by atoms with E-state index in [2.05, 4.69) is 27.7 Å². The van der Waals surface area contributed by atoms with Crippen LogP contribution in [0.2, 0.25) is 0 Å². The molecule has 0 saturated carbocycles. The summed E-state index contributed by atoms with van der Waals surface area (Å²) in [7, 11) is 0. The molecule has 43 heavy (non-hydrogen) atoms. The van der Waals surface area contributed by atoms with Gasteiger partial charge in [-0.3, -0.25) is 0 Å². The van der Waals surface area contributed by atoms with Crippen molar-refractivity contribution in [2.45, 2.75) is 53.4 Å². The van der Waals surface area contributed by atoms with Crippen molar-refractivity contribution in [2.75, 3.05) is 0 Å². The van der Waals surface area contributed by atoms with E-state index >= 15 is 0 Å². The zero-order chi connectivity index (χ0) is 30.0. The van der Waals surface area contributed by atoms with Gasteiger partial charge in [-0.1, -0.05) is 76.2 Å². The van der Waals surface area contributed by atoms with Crippen LogP contribution in [-0.4, -0.2) is 11.9 Å². The number of benzene rings is 4. The number of fused-ring (bicyclic) bond motifs is 4. The van der Waals surface area contributed by atoms with Crippen LogP contribution >= 0.6 is 0 Å². The van der Waals surface area contributed by atoms with Gasteiger partial charge in [0.15, 0.2) is 0 Å². The summed E-state index contributed by atoms with van der Waals surface area (Å²) >= 11 is 0. The van der Waals surface area contributed by atoms with Crippen LogP contribution in [-0.2, 0) is 45.2 Å². The topological polar surface area (TPSA) is 98.7 Å². The average molecular weight is 628 g/mol. The maximum absolute atomic E-state index is 11.6. The van der Waals surface area contributed by atoms with Gasteiger partial charge in [-0.25, -0.2) is 0 Å². The van der Waals surface area contributed by atoms with Crippen LogP contribution in [0.3, 0.4) is 0 Å². The molecule has 0 N–H and O–H groups in total. The van der Waals surface area contributed by atoms with Gasteiger partial charge < -0.3 is 29.3 Å². The van der Waals surface area contributed by atoms with Crippen LogP contribution in [0.25, 0.3) is 0 Å². The number of aromatic carboxylic acids is 2. The first-order valence-corrected chi connectivity index (χ1v) is 14.4. The maximum atomic E-state index is 11.6. The summed E-state index contributed by atoms with van der Waals surface area (Å²) in [5.74, 6) is 1.38. The van der Waals surface area contributed by atoms with Gasteiger partial charge in [0, 0.05) is 35.1 Å². The molecule has 2 heterocycles. The fourth-order valence-electron chi connectivity index (χ4n) is 5.74. The van der Waals surface area contributed by atoms with Crippen LogP contribution in [0.1, 0.15) is 81.8 Å². The van der Waals surface area contributed by atoms with Crippen molar-refractivity contribution < 1.29 is 48.8 Å². The van der Waals surface area contributed by atoms with Gasteiger partial charge >= 0.3 is 19.5 Å². The molecule has 0 unspecified atom stereocenters. The normalized spacial score (nSPS) is 12.2. The third-order valence-electron chi connectivity index (χ3n) is 7.50. The Morgan fingerprint density at radius 1 is 0.605 bits per heavy atom. The summed E-state index contributed by atoms with van der Waals surface area (Å²) in [6, 6.07) is 22.9. The number of ether oxygens (including phenoxy) is 2. The molecule has 2 aliphatic rings. The van der Waals surface area contributed by atoms with Gasteiger partial charge in [0.25, 0.3) is 0 Å². The van der Waals surface area contributed by atoms with Gasteiger partial charge in [0.2, 0.25) is 0 Å². The van der Waals surface area contributed by atoms with E-state index in [-0.39, 0.29) is 19.5 Å². The van der Waals surface area contributed by atoms with E-state index in [1.54, 1.807) is 0 Å². The largest absolute Gasteiger partial charge is 2.00 e. The molecule has 0 amide bonds. The number of hydrogen-bond donors (Lipinski definition) is 0. The second-order valence-electron chi connectivity index (χ2n) is 11.7. The van der Waals surface area contributed by atoms with E-state index < -0.39 is 11.9 Å². The maximum Gasteiger partial charge on any atom is 2.00 e. The number of carbonyl (C=O) groups excluding carboxylic acids is 2. The van der Waals surface area contributed by atoms with Crippen molar-refractivity contribution >= 4 is 11.9 Å². The summed E-state index contributed by atoms with van der Waals surface area (Å²) < 4.78 is 11.7. The molecule has 0 saturated heterocycles. The van der Waals surface area contributed by atoms with Crippen molar-refractivity contribution in [1.29, 1.82) is 0 Å². The molecule has 6 nitrogen and oxygen atoms in total. The van der Waals surface area contributed by atoms with Gasteiger partial charge in [-0.05, 0) is 71.2 Å². The summed E-state index contributed by atoms with van der Waals surface area (Å²) in [6.07, 6.45) is 2.58. The monoisotopic (exact) mass is 626 g/mol. The molecule has 0 spiro atoms. The fourth-order valence-corrected chi connectivity index (χ4v) is 5.74. The minimum absolute atomic E-state index is 0. The first-order chi connectivity index (χ1) is 20.1. The molecule has 4 aromatic rings. The smallest absolute Gasteiger partial charge is 0.545 e. The van der Waals surface area contributed by atoms with E-state index in [1.807, 2.05) is 72.8 Å². The van der Waals surface area contributed by atoms with Crippen molar-refractivity contribution in [3.05, 3.63) is 117 Å². The predicted molar refractivity (Wildman–Crippen MR) is 157 cm³/mol. The van der Waals surface area contributed by atoms with Gasteiger partial charge in [0.05, 0.1) is 11.9 Å². The molecule has 0 fully saturated rings. The molecular weight excluding hydrogens is 594 g/mol. The quantitative estimate of drug-likeness (QED) is 0.214. The second-order valence-corrected chi connectivity index (χ2v) is 11.7. The van der Waals surface area contributed by atoms with E-state index in [4.69, 9.17) is 9.47 Å². The second kappa shape index (κ2) is 13.6. The Morgan fingerprint density at radius 2 is 0.977 bits per heavy atom. The zero-order valence-electron chi connectivity index (χ0n) is 25.1. The van der Waals surface area contributed by atoms with Gasteiger partial charge in [-0.15, -0.1) is 0 Å². The fraction of sp³-hybridized carbons (Fsp3) is 0.278. The standard InChI is InChI=1S/2C18H18O3.Zn/c2*1-11(2)9-13-7-8-16-14(17(13)18(19)20)10-12-5-3-4-6-15(12)21-16;/h2*3-8,11H,9-10H2,1-2H3,(H,19,20);/q;;+2/p-2. The molecule has 0 aliphatic carbocycles. The number of rotatable bonds is 6. The van der Waals surface area contributed by atoms with Crippen LogP contribution < -0.4 is 19.7 Å². The number of para-hydroxylation sites is 2. The van der Waals surface area contributed by atoms with Gasteiger partial charge in [0.1, 0.15) is 23.0 Å². The third kappa shape index (κ3) is 7.00. The molecule has 0 aromatic heterocycles. The Kier molecular flexibility index (Phi) is 10.1. The SMILES string of the molecule is CC(C)Cc1ccc2c(c1C(=O)[O-])Cc1ccccc1O2.CC(C)Cc1ccc2c(c1C(=O)[O-])Cc1ccccc1O2.[Zn+2]. The molecular formula is C36H34O6Zn. The van der Waals surface area contributed by atoms with Crippen LogP contribution in [0.5, 0.6) is 23.0 Å². The van der Waals surface area contributed by atoms with Crippen molar-refractivity contribution in [1.82, 2.24) is 0 Å². The summed E-state index contributed by atoms with van der Waals surface area (Å²) in [5, 5.41) is 23.2. The van der Waals surface area contributed by atoms with Crippen LogP contribution in [0, 0.1) is 11.8 Å². The van der Waals surface area contributed by atoms with Crippen LogP contribution in [0.15, 0.2) is 72.8 Å². The van der Waals surface area contributed by atoms with Crippen molar-refractivity contribution in [3.8, 4) is 23.0 Å². The average Bonchev–Trinajstić information content (AvgIpc) is 2.94. The molecule has 4 aromatic carbocycles. The van der Waals surface area contributed by atoms with Crippen molar-refractivity contribution in [2.24, 2.45) is 11.8 Å². The molecule has 0 radical (unpaired) electrons. The van der Waals surface area contributed by atoms with Gasteiger partial charge in [-0.2, -0.15) is 0 Å². The number of carbonyl (C=O) groups is 2.